The molecular formula is C13H17N3O3. The summed E-state index contributed by atoms with van der Waals surface area (Å²) >= 11 is 0. The van der Waals surface area contributed by atoms with Crippen LogP contribution >= 0.6 is 0 Å². The summed E-state index contributed by atoms with van der Waals surface area (Å²) in [5, 5.41) is 11.7. The zero-order valence-corrected chi connectivity index (χ0v) is 10.8. The number of aliphatic hydroxyl groups excluding tert-OH is 1. The van der Waals surface area contributed by atoms with Crippen molar-refractivity contribution in [3.63, 3.8) is 0 Å². The molecule has 2 aromatic rings. The van der Waals surface area contributed by atoms with E-state index in [-0.39, 0.29) is 12.2 Å². The minimum atomic E-state index is -0.0793. The molecule has 6 heteroatoms. The molecule has 2 N–H and O–H groups in total. The highest BCUT2D eigenvalue weighted by Gasteiger charge is 2.07. The molecule has 0 radical (unpaired) electrons. The van der Waals surface area contributed by atoms with E-state index in [9.17, 15) is 4.79 Å². The first-order valence-electron chi connectivity index (χ1n) is 6.14. The third-order valence-corrected chi connectivity index (χ3v) is 2.73. The average molecular weight is 263 g/mol. The Bertz CT molecular complexity index is 610. The SMILES string of the molecule is Cc1c(NCCOCCO)nc2ccccn2c1=O. The van der Waals surface area contributed by atoms with Gasteiger partial charge in [-0.25, -0.2) is 4.98 Å². The van der Waals surface area contributed by atoms with Gasteiger partial charge in [0.1, 0.15) is 11.5 Å². The van der Waals surface area contributed by atoms with E-state index in [0.717, 1.165) is 0 Å². The Hall–Kier alpha value is -1.92. The Morgan fingerprint density at radius 1 is 1.42 bits per heavy atom. The van der Waals surface area contributed by atoms with E-state index in [1.807, 2.05) is 6.07 Å². The second-order valence-electron chi connectivity index (χ2n) is 4.08. The number of hydrogen-bond acceptors (Lipinski definition) is 5. The number of nitrogens with one attached hydrogen (secondary N) is 1. The number of aliphatic hydroxyl groups is 1. The van der Waals surface area contributed by atoms with Crippen LogP contribution in [-0.2, 0) is 4.74 Å². The van der Waals surface area contributed by atoms with Gasteiger partial charge in [-0.15, -0.1) is 0 Å². The fraction of sp³-hybridized carbons (Fsp3) is 0.385. The lowest BCUT2D eigenvalue weighted by molar-refractivity contribution is 0.0992. The Kier molecular flexibility index (Phi) is 4.48. The van der Waals surface area contributed by atoms with Gasteiger partial charge in [0.25, 0.3) is 5.56 Å². The lowest BCUT2D eigenvalue weighted by Gasteiger charge is -2.10. The molecule has 0 aromatic carbocycles. The third kappa shape index (κ3) is 3.10. The molecule has 0 unspecified atom stereocenters. The lowest BCUT2D eigenvalue weighted by Crippen LogP contribution is -2.21. The second kappa shape index (κ2) is 6.31. The summed E-state index contributed by atoms with van der Waals surface area (Å²) in [5.74, 6) is 0.573. The van der Waals surface area contributed by atoms with Gasteiger partial charge in [-0.1, -0.05) is 6.07 Å². The molecule has 2 rings (SSSR count). The summed E-state index contributed by atoms with van der Waals surface area (Å²) in [6.45, 7) is 3.06. The molecule has 2 aromatic heterocycles. The van der Waals surface area contributed by atoms with Crippen molar-refractivity contribution in [1.29, 1.82) is 0 Å². The number of nitrogens with zero attached hydrogens (tertiary/aromatic N) is 2. The minimum absolute atomic E-state index is 0.00853. The number of anilines is 1. The molecule has 6 nitrogen and oxygen atoms in total. The topological polar surface area (TPSA) is 75.9 Å². The van der Waals surface area contributed by atoms with E-state index in [4.69, 9.17) is 9.84 Å². The highest BCUT2D eigenvalue weighted by molar-refractivity contribution is 5.51. The molecule has 102 valence electrons. The van der Waals surface area contributed by atoms with Gasteiger partial charge in [-0.3, -0.25) is 9.20 Å². The highest BCUT2D eigenvalue weighted by atomic mass is 16.5. The van der Waals surface area contributed by atoms with E-state index >= 15 is 0 Å². The third-order valence-electron chi connectivity index (χ3n) is 2.73. The van der Waals surface area contributed by atoms with E-state index < -0.39 is 0 Å². The fourth-order valence-electron chi connectivity index (χ4n) is 1.76. The van der Waals surface area contributed by atoms with Crippen molar-refractivity contribution in [1.82, 2.24) is 9.38 Å². The average Bonchev–Trinajstić information content (AvgIpc) is 2.44. The van der Waals surface area contributed by atoms with Gasteiger partial charge in [-0.2, -0.15) is 0 Å². The molecule has 0 spiro atoms. The summed E-state index contributed by atoms with van der Waals surface area (Å²) in [6.07, 6.45) is 1.70. The highest BCUT2D eigenvalue weighted by Crippen LogP contribution is 2.08. The minimum Gasteiger partial charge on any atom is -0.394 e. The van der Waals surface area contributed by atoms with Crippen molar-refractivity contribution in [2.45, 2.75) is 6.92 Å². The van der Waals surface area contributed by atoms with Gasteiger partial charge in [-0.05, 0) is 19.1 Å². The van der Waals surface area contributed by atoms with Crippen LogP contribution in [0.1, 0.15) is 5.56 Å². The molecule has 0 saturated carbocycles. The quantitative estimate of drug-likeness (QED) is 0.739. The number of pyridine rings is 1. The Morgan fingerprint density at radius 2 is 2.26 bits per heavy atom. The number of aromatic nitrogens is 2. The van der Waals surface area contributed by atoms with E-state index in [2.05, 4.69) is 10.3 Å². The Morgan fingerprint density at radius 3 is 3.05 bits per heavy atom. The molecule has 0 aliphatic rings. The van der Waals surface area contributed by atoms with Crippen LogP contribution < -0.4 is 10.9 Å². The predicted octanol–water partition coefficient (Wildman–Crippen LogP) is 0.424. The molecule has 0 fully saturated rings. The monoisotopic (exact) mass is 263 g/mol. The van der Waals surface area contributed by atoms with E-state index in [1.165, 1.54) is 4.40 Å². The number of rotatable bonds is 6. The van der Waals surface area contributed by atoms with Crippen LogP contribution in [0, 0.1) is 6.92 Å². The molecule has 0 bridgehead atoms. The molecule has 19 heavy (non-hydrogen) atoms. The van der Waals surface area contributed by atoms with Gasteiger partial charge in [0.15, 0.2) is 0 Å². The molecule has 2 heterocycles. The van der Waals surface area contributed by atoms with Crippen LogP contribution in [0.2, 0.25) is 0 Å². The first-order valence-corrected chi connectivity index (χ1v) is 6.14. The van der Waals surface area contributed by atoms with E-state index in [1.54, 1.807) is 25.3 Å². The molecular weight excluding hydrogens is 246 g/mol. The summed E-state index contributed by atoms with van der Waals surface area (Å²) in [7, 11) is 0. The smallest absolute Gasteiger partial charge is 0.262 e. The van der Waals surface area contributed by atoms with Crippen molar-refractivity contribution < 1.29 is 9.84 Å². The fourth-order valence-corrected chi connectivity index (χ4v) is 1.76. The maximum absolute atomic E-state index is 12.1. The molecule has 0 atom stereocenters. The molecule has 0 aliphatic carbocycles. The summed E-state index contributed by atoms with van der Waals surface area (Å²) in [6, 6.07) is 5.42. The first-order chi connectivity index (χ1) is 9.24. The van der Waals surface area contributed by atoms with Crippen LogP contribution in [0.25, 0.3) is 5.65 Å². The molecule has 0 saturated heterocycles. The van der Waals surface area contributed by atoms with Crippen LogP contribution in [0.4, 0.5) is 5.82 Å². The van der Waals surface area contributed by atoms with Crippen molar-refractivity contribution in [2.24, 2.45) is 0 Å². The zero-order chi connectivity index (χ0) is 13.7. The Labute approximate surface area is 110 Å². The summed E-state index contributed by atoms with van der Waals surface area (Å²) in [4.78, 5) is 16.5. The van der Waals surface area contributed by atoms with Gasteiger partial charge < -0.3 is 15.2 Å². The number of ether oxygens (including phenoxy) is 1. The second-order valence-corrected chi connectivity index (χ2v) is 4.08. The normalized spacial score (nSPS) is 10.8. The van der Waals surface area contributed by atoms with Crippen molar-refractivity contribution in [3.8, 4) is 0 Å². The Balaban J connectivity index is 2.15. The predicted molar refractivity (Wildman–Crippen MR) is 72.6 cm³/mol. The van der Waals surface area contributed by atoms with Gasteiger partial charge in [0.05, 0.1) is 25.4 Å². The summed E-state index contributed by atoms with van der Waals surface area (Å²) in [5.41, 5.74) is 1.10. The summed E-state index contributed by atoms with van der Waals surface area (Å²) < 4.78 is 6.66. The van der Waals surface area contributed by atoms with Crippen LogP contribution in [0.15, 0.2) is 29.2 Å². The first kappa shape index (κ1) is 13.5. The van der Waals surface area contributed by atoms with E-state index in [0.29, 0.717) is 36.8 Å². The molecule has 0 aliphatic heterocycles. The lowest BCUT2D eigenvalue weighted by atomic mass is 10.3. The number of fused-ring (bicyclic) bond motifs is 1. The van der Waals surface area contributed by atoms with Crippen LogP contribution in [0.3, 0.4) is 0 Å². The van der Waals surface area contributed by atoms with Gasteiger partial charge >= 0.3 is 0 Å². The largest absolute Gasteiger partial charge is 0.394 e. The van der Waals surface area contributed by atoms with Gasteiger partial charge in [0, 0.05) is 12.7 Å². The zero-order valence-electron chi connectivity index (χ0n) is 10.8. The van der Waals surface area contributed by atoms with Crippen molar-refractivity contribution >= 4 is 11.5 Å². The van der Waals surface area contributed by atoms with Crippen molar-refractivity contribution in [2.75, 3.05) is 31.7 Å². The van der Waals surface area contributed by atoms with Gasteiger partial charge in [0.2, 0.25) is 0 Å². The maximum Gasteiger partial charge on any atom is 0.262 e. The van der Waals surface area contributed by atoms with Crippen molar-refractivity contribution in [3.05, 3.63) is 40.3 Å². The number of hydrogen-bond donors (Lipinski definition) is 2. The van der Waals surface area contributed by atoms with Crippen LogP contribution in [-0.4, -0.2) is 40.9 Å². The van der Waals surface area contributed by atoms with Crippen LogP contribution in [0.5, 0.6) is 0 Å². The standard InChI is InChI=1S/C13H17N3O3/c1-10-12(14-5-8-19-9-7-17)15-11-4-2-3-6-16(11)13(10)18/h2-4,6,14,17H,5,7-9H2,1H3. The molecule has 0 amide bonds. The maximum atomic E-state index is 12.1.